The fourth-order valence-corrected chi connectivity index (χ4v) is 3.80. The molecule has 3 rings (SSSR count). The largest absolute Gasteiger partial charge is 0.496 e. The van der Waals surface area contributed by atoms with Crippen molar-refractivity contribution < 1.29 is 33.4 Å². The number of amidine groups is 1. The molecule has 0 fully saturated rings. The van der Waals surface area contributed by atoms with E-state index in [-0.39, 0.29) is 48.9 Å². The molecule has 0 radical (unpaired) electrons. The Kier molecular flexibility index (Phi) is 11.8. The number of rotatable bonds is 12. The van der Waals surface area contributed by atoms with Crippen LogP contribution in [0.5, 0.6) is 11.5 Å². The first kappa shape index (κ1) is 30.8. The zero-order chi connectivity index (χ0) is 29.6. The molecule has 216 valence electrons. The van der Waals surface area contributed by atoms with E-state index in [1.54, 1.807) is 42.5 Å². The molecule has 0 saturated carbocycles. The third kappa shape index (κ3) is 9.43. The van der Waals surface area contributed by atoms with Gasteiger partial charge in [-0.2, -0.15) is 0 Å². The molecular formula is C29H31ClN4O7. The second-order valence-corrected chi connectivity index (χ2v) is 9.04. The summed E-state index contributed by atoms with van der Waals surface area (Å²) in [6, 6.07) is 19.3. The van der Waals surface area contributed by atoms with E-state index in [2.05, 4.69) is 16.1 Å². The molecule has 0 bridgehead atoms. The first-order chi connectivity index (χ1) is 19.8. The molecule has 0 aliphatic heterocycles. The lowest BCUT2D eigenvalue weighted by Gasteiger charge is -2.20. The third-order valence-electron chi connectivity index (χ3n) is 5.78. The number of halogens is 1. The van der Waals surface area contributed by atoms with E-state index < -0.39 is 24.0 Å². The summed E-state index contributed by atoms with van der Waals surface area (Å²) in [6.45, 7) is 0.281. The normalized spacial score (nSPS) is 11.0. The van der Waals surface area contributed by atoms with Gasteiger partial charge in [0.05, 0.1) is 14.2 Å². The van der Waals surface area contributed by atoms with Crippen molar-refractivity contribution in [1.29, 1.82) is 5.41 Å². The first-order valence-corrected chi connectivity index (χ1v) is 13.0. The van der Waals surface area contributed by atoms with Gasteiger partial charge in [0.1, 0.15) is 29.7 Å². The van der Waals surface area contributed by atoms with E-state index in [0.29, 0.717) is 10.6 Å². The number of ether oxygens (including phenoxy) is 3. The Bertz CT molecular complexity index is 1310. The van der Waals surface area contributed by atoms with Gasteiger partial charge in [0.15, 0.2) is 5.84 Å². The van der Waals surface area contributed by atoms with Crippen molar-refractivity contribution in [2.45, 2.75) is 25.5 Å². The molecule has 12 heteroatoms. The highest BCUT2D eigenvalue weighted by molar-refractivity contribution is 6.30. The third-order valence-corrected chi connectivity index (χ3v) is 6.03. The van der Waals surface area contributed by atoms with E-state index >= 15 is 0 Å². The van der Waals surface area contributed by atoms with Crippen LogP contribution in [0, 0.1) is 5.41 Å². The Balaban J connectivity index is 1.62. The summed E-state index contributed by atoms with van der Waals surface area (Å²) in [4.78, 5) is 43.4. The van der Waals surface area contributed by atoms with Crippen LogP contribution >= 0.6 is 11.6 Å². The van der Waals surface area contributed by atoms with Gasteiger partial charge in [-0.25, -0.2) is 15.1 Å². The Hall–Kier alpha value is -4.77. The van der Waals surface area contributed by atoms with Crippen LogP contribution < -0.4 is 25.6 Å². The minimum absolute atomic E-state index is 0.0942. The predicted molar refractivity (Wildman–Crippen MR) is 152 cm³/mol. The van der Waals surface area contributed by atoms with Crippen molar-refractivity contribution in [3.05, 3.63) is 94.5 Å². The summed E-state index contributed by atoms with van der Waals surface area (Å²) >= 11 is 5.88. The summed E-state index contributed by atoms with van der Waals surface area (Å²) in [5.41, 5.74) is 3.67. The molecule has 1 atom stereocenters. The van der Waals surface area contributed by atoms with E-state index in [0.717, 1.165) is 5.56 Å². The summed E-state index contributed by atoms with van der Waals surface area (Å²) < 4.78 is 15.8. The van der Waals surface area contributed by atoms with E-state index in [1.165, 1.54) is 14.2 Å². The number of hydrogen-bond donors (Lipinski definition) is 4. The van der Waals surface area contributed by atoms with Crippen LogP contribution in [0.15, 0.2) is 72.8 Å². The molecule has 0 aliphatic carbocycles. The fourth-order valence-electron chi connectivity index (χ4n) is 3.67. The number of alkyl carbamates (subject to hydrolysis) is 1. The molecule has 0 heterocycles. The quantitative estimate of drug-likeness (QED) is 0.107. The fraction of sp³-hybridized carbons (Fsp3) is 0.241. The van der Waals surface area contributed by atoms with Crippen molar-refractivity contribution in [3.8, 4) is 11.5 Å². The maximum atomic E-state index is 13.2. The number of hydrogen-bond acceptors (Lipinski definition) is 8. The lowest BCUT2D eigenvalue weighted by atomic mass is 10.1. The Morgan fingerprint density at radius 3 is 2.20 bits per heavy atom. The molecular weight excluding hydrogens is 552 g/mol. The zero-order valence-corrected chi connectivity index (χ0v) is 23.3. The van der Waals surface area contributed by atoms with Crippen LogP contribution in [-0.2, 0) is 21.0 Å². The molecule has 11 nitrogen and oxygen atoms in total. The molecule has 0 spiro atoms. The Labute approximate surface area is 242 Å². The second-order valence-electron chi connectivity index (χ2n) is 8.60. The Morgan fingerprint density at radius 2 is 1.56 bits per heavy atom. The van der Waals surface area contributed by atoms with Crippen LogP contribution in [-0.4, -0.2) is 50.6 Å². The molecule has 3 aromatic carbocycles. The molecule has 0 saturated heterocycles. The molecule has 41 heavy (non-hydrogen) atoms. The van der Waals surface area contributed by atoms with Gasteiger partial charge in [0.25, 0.3) is 5.91 Å². The monoisotopic (exact) mass is 582 g/mol. The van der Waals surface area contributed by atoms with Gasteiger partial charge < -0.3 is 29.7 Å². The van der Waals surface area contributed by atoms with Gasteiger partial charge in [-0.15, -0.1) is 0 Å². The van der Waals surface area contributed by atoms with Crippen LogP contribution in [0.3, 0.4) is 0 Å². The molecule has 0 aromatic heterocycles. The van der Waals surface area contributed by atoms with Crippen molar-refractivity contribution in [3.63, 3.8) is 0 Å². The van der Waals surface area contributed by atoms with Crippen LogP contribution in [0.25, 0.3) is 0 Å². The summed E-state index contributed by atoms with van der Waals surface area (Å²) in [7, 11) is 2.82. The summed E-state index contributed by atoms with van der Waals surface area (Å²) in [5.74, 6) is -1.17. The number of methoxy groups -OCH3 is 2. The number of hydroxylamine groups is 1. The first-order valence-electron chi connectivity index (χ1n) is 12.6. The number of amides is 2. The lowest BCUT2D eigenvalue weighted by molar-refractivity contribution is -0.150. The van der Waals surface area contributed by atoms with Gasteiger partial charge in [-0.1, -0.05) is 48.0 Å². The van der Waals surface area contributed by atoms with Crippen LogP contribution in [0.2, 0.25) is 5.02 Å². The zero-order valence-electron chi connectivity index (χ0n) is 22.6. The van der Waals surface area contributed by atoms with E-state index in [4.69, 9.17) is 36.1 Å². The van der Waals surface area contributed by atoms with Crippen LogP contribution in [0.1, 0.15) is 34.3 Å². The van der Waals surface area contributed by atoms with Crippen molar-refractivity contribution in [1.82, 2.24) is 16.1 Å². The molecule has 0 aliphatic rings. The maximum Gasteiger partial charge on any atom is 0.407 e. The minimum atomic E-state index is -1.15. The van der Waals surface area contributed by atoms with Crippen molar-refractivity contribution in [2.24, 2.45) is 0 Å². The van der Waals surface area contributed by atoms with Gasteiger partial charge in [0.2, 0.25) is 0 Å². The smallest absolute Gasteiger partial charge is 0.407 e. The molecule has 4 N–H and O–H groups in total. The molecule has 2 amide bonds. The van der Waals surface area contributed by atoms with E-state index in [9.17, 15) is 14.4 Å². The van der Waals surface area contributed by atoms with E-state index in [1.807, 2.05) is 30.3 Å². The number of nitrogens with one attached hydrogen (secondary N) is 4. The number of carbonyl (C=O) groups is 3. The standard InChI is InChI=1S/C29H31ClN4O7/c1-38-23-11-6-12-24(39-2)25(23)27(35)33-22(28(36)41-34-26(31)20-13-15-21(30)16-14-20)10-7-17-32-29(37)40-18-19-8-4-3-5-9-19/h3-6,8-9,11-16,22H,7,10,17-18H2,1-2H3,(H2,31,34)(H,32,37)(H,33,35)/t22-/m0/s1. The maximum absolute atomic E-state index is 13.2. The van der Waals surface area contributed by atoms with Crippen molar-refractivity contribution >= 4 is 35.4 Å². The minimum Gasteiger partial charge on any atom is -0.496 e. The summed E-state index contributed by atoms with van der Waals surface area (Å²) in [5, 5.41) is 13.9. The highest BCUT2D eigenvalue weighted by atomic mass is 35.5. The average molecular weight is 583 g/mol. The van der Waals surface area contributed by atoms with Gasteiger partial charge in [0, 0.05) is 17.1 Å². The van der Waals surface area contributed by atoms with Crippen LogP contribution in [0.4, 0.5) is 4.79 Å². The lowest BCUT2D eigenvalue weighted by Crippen LogP contribution is -2.45. The SMILES string of the molecule is COc1cccc(OC)c1C(=O)N[C@@H](CCCNC(=O)OCc1ccccc1)C(=O)ONC(=N)c1ccc(Cl)cc1. The topological polar surface area (TPSA) is 148 Å². The van der Waals surface area contributed by atoms with Gasteiger partial charge in [-0.3, -0.25) is 10.2 Å². The highest BCUT2D eigenvalue weighted by Gasteiger charge is 2.27. The van der Waals surface area contributed by atoms with Gasteiger partial charge >= 0.3 is 12.1 Å². The Morgan fingerprint density at radius 1 is 0.902 bits per heavy atom. The highest BCUT2D eigenvalue weighted by Crippen LogP contribution is 2.28. The number of benzene rings is 3. The average Bonchev–Trinajstić information content (AvgIpc) is 3.00. The van der Waals surface area contributed by atoms with Gasteiger partial charge in [-0.05, 0) is 54.8 Å². The van der Waals surface area contributed by atoms with Crippen molar-refractivity contribution in [2.75, 3.05) is 20.8 Å². The summed E-state index contributed by atoms with van der Waals surface area (Å²) in [6.07, 6.45) is -0.233. The predicted octanol–water partition coefficient (Wildman–Crippen LogP) is 4.24. The second kappa shape index (κ2) is 15.7. The molecule has 3 aromatic rings. The number of carbonyl (C=O) groups excluding carboxylic acids is 3. The molecule has 0 unspecified atom stereocenters.